The number of carbonyl (C=O) groups excluding carboxylic acids is 2. The summed E-state index contributed by atoms with van der Waals surface area (Å²) in [5, 5.41) is 0.754. The van der Waals surface area contributed by atoms with Crippen LogP contribution in [0.4, 0.5) is 4.79 Å². The molecule has 0 unspecified atom stereocenters. The van der Waals surface area contributed by atoms with Crippen LogP contribution in [0, 0.1) is 0 Å². The third-order valence-corrected chi connectivity index (χ3v) is 5.72. The molecule has 0 N–H and O–H groups in total. The van der Waals surface area contributed by atoms with Crippen LogP contribution in [0.3, 0.4) is 0 Å². The summed E-state index contributed by atoms with van der Waals surface area (Å²) in [6, 6.07) is 7.77. The van der Waals surface area contributed by atoms with Gasteiger partial charge in [0.25, 0.3) is 5.91 Å². The number of imide groups is 1. The lowest BCUT2D eigenvalue weighted by atomic mass is 10.0. The third kappa shape index (κ3) is 2.80. The quantitative estimate of drug-likeness (QED) is 0.790. The Morgan fingerprint density at radius 1 is 1.00 bits per heavy atom. The summed E-state index contributed by atoms with van der Waals surface area (Å²) in [7, 11) is 0. The summed E-state index contributed by atoms with van der Waals surface area (Å²) in [5.41, 5.74) is 1.24. The molecule has 24 heavy (non-hydrogen) atoms. The molecule has 0 aromatic heterocycles. The first-order valence-corrected chi connectivity index (χ1v) is 9.12. The Morgan fingerprint density at radius 3 is 2.38 bits per heavy atom. The zero-order chi connectivity index (χ0) is 16.7. The van der Waals surface area contributed by atoms with Crippen LogP contribution in [0.15, 0.2) is 24.3 Å². The molecule has 3 aliphatic heterocycles. The first-order chi connectivity index (χ1) is 11.6. The Labute approximate surface area is 147 Å². The SMILES string of the molecule is O=C1[C@@H]2CCCN2C(=O)N1C1CCN(Cc2ccc(Cl)cc2)CC1. The Morgan fingerprint density at radius 2 is 1.71 bits per heavy atom. The van der Waals surface area contributed by atoms with E-state index in [1.807, 2.05) is 12.1 Å². The molecule has 6 heteroatoms. The van der Waals surface area contributed by atoms with E-state index in [1.165, 1.54) is 5.56 Å². The van der Waals surface area contributed by atoms with Crippen LogP contribution in [0.1, 0.15) is 31.2 Å². The lowest BCUT2D eigenvalue weighted by molar-refractivity contribution is -0.130. The average Bonchev–Trinajstić information content (AvgIpc) is 3.15. The highest BCUT2D eigenvalue weighted by Gasteiger charge is 2.49. The largest absolute Gasteiger partial charge is 0.327 e. The summed E-state index contributed by atoms with van der Waals surface area (Å²) < 4.78 is 0. The lowest BCUT2D eigenvalue weighted by Crippen LogP contribution is -2.48. The van der Waals surface area contributed by atoms with Gasteiger partial charge in [-0.05, 0) is 43.4 Å². The molecule has 0 radical (unpaired) electrons. The number of rotatable bonds is 3. The highest BCUT2D eigenvalue weighted by atomic mass is 35.5. The summed E-state index contributed by atoms with van der Waals surface area (Å²) in [4.78, 5) is 30.8. The predicted octanol–water partition coefficient (Wildman–Crippen LogP) is 2.73. The van der Waals surface area contributed by atoms with E-state index in [9.17, 15) is 9.59 Å². The Kier molecular flexibility index (Phi) is 4.22. The smallest absolute Gasteiger partial charge is 0.312 e. The fourth-order valence-corrected chi connectivity index (χ4v) is 4.29. The number of fused-ring (bicyclic) bond motifs is 1. The van der Waals surface area contributed by atoms with Gasteiger partial charge in [-0.25, -0.2) is 4.79 Å². The number of halogens is 1. The fraction of sp³-hybridized carbons (Fsp3) is 0.556. The molecule has 3 aliphatic rings. The maximum Gasteiger partial charge on any atom is 0.327 e. The van der Waals surface area contributed by atoms with E-state index >= 15 is 0 Å². The Balaban J connectivity index is 1.35. The van der Waals surface area contributed by atoms with E-state index in [4.69, 9.17) is 11.6 Å². The zero-order valence-corrected chi connectivity index (χ0v) is 14.4. The van der Waals surface area contributed by atoms with Crippen molar-refractivity contribution in [2.24, 2.45) is 0 Å². The van der Waals surface area contributed by atoms with Gasteiger partial charge in [-0.2, -0.15) is 0 Å². The van der Waals surface area contributed by atoms with Gasteiger partial charge in [0, 0.05) is 37.2 Å². The van der Waals surface area contributed by atoms with Crippen molar-refractivity contribution in [3.8, 4) is 0 Å². The van der Waals surface area contributed by atoms with E-state index < -0.39 is 0 Å². The number of hydrogen-bond donors (Lipinski definition) is 0. The number of urea groups is 1. The summed E-state index contributed by atoms with van der Waals surface area (Å²) in [6.45, 7) is 3.45. The van der Waals surface area contributed by atoms with E-state index in [2.05, 4.69) is 17.0 Å². The van der Waals surface area contributed by atoms with Crippen molar-refractivity contribution >= 4 is 23.5 Å². The summed E-state index contributed by atoms with van der Waals surface area (Å²) in [5.74, 6) is 0.0358. The highest BCUT2D eigenvalue weighted by Crippen LogP contribution is 2.31. The molecule has 0 saturated carbocycles. The molecule has 4 rings (SSSR count). The van der Waals surface area contributed by atoms with Gasteiger partial charge >= 0.3 is 6.03 Å². The van der Waals surface area contributed by atoms with Gasteiger partial charge < -0.3 is 4.90 Å². The first kappa shape index (κ1) is 15.9. The van der Waals surface area contributed by atoms with E-state index in [1.54, 1.807) is 9.80 Å². The summed E-state index contributed by atoms with van der Waals surface area (Å²) in [6.07, 6.45) is 3.52. The average molecular weight is 348 g/mol. The summed E-state index contributed by atoms with van der Waals surface area (Å²) >= 11 is 5.93. The van der Waals surface area contributed by atoms with Crippen molar-refractivity contribution in [3.63, 3.8) is 0 Å². The second-order valence-corrected chi connectivity index (χ2v) is 7.41. The topological polar surface area (TPSA) is 43.9 Å². The fourth-order valence-electron chi connectivity index (χ4n) is 4.17. The van der Waals surface area contributed by atoms with Gasteiger partial charge in [0.1, 0.15) is 6.04 Å². The highest BCUT2D eigenvalue weighted by molar-refractivity contribution is 6.30. The molecule has 3 fully saturated rings. The Bertz CT molecular complexity index is 618. The maximum absolute atomic E-state index is 12.5. The molecule has 0 aliphatic carbocycles. The van der Waals surface area contributed by atoms with Crippen LogP contribution in [-0.2, 0) is 11.3 Å². The van der Waals surface area contributed by atoms with E-state index in [-0.39, 0.29) is 24.0 Å². The number of hydrogen-bond acceptors (Lipinski definition) is 3. The molecule has 0 spiro atoms. The van der Waals surface area contributed by atoms with E-state index in [0.29, 0.717) is 0 Å². The van der Waals surface area contributed by atoms with Crippen LogP contribution in [0.25, 0.3) is 0 Å². The van der Waals surface area contributed by atoms with Crippen LogP contribution in [0.2, 0.25) is 5.02 Å². The van der Waals surface area contributed by atoms with Crippen molar-refractivity contribution in [1.29, 1.82) is 0 Å². The number of piperidine rings is 1. The van der Waals surface area contributed by atoms with Crippen LogP contribution in [-0.4, -0.2) is 58.4 Å². The third-order valence-electron chi connectivity index (χ3n) is 5.47. The van der Waals surface area contributed by atoms with Crippen molar-refractivity contribution < 1.29 is 9.59 Å². The monoisotopic (exact) mass is 347 g/mol. The minimum atomic E-state index is -0.176. The van der Waals surface area contributed by atoms with Crippen LogP contribution < -0.4 is 0 Å². The molecule has 5 nitrogen and oxygen atoms in total. The van der Waals surface area contributed by atoms with Gasteiger partial charge in [0.05, 0.1) is 0 Å². The minimum Gasteiger partial charge on any atom is -0.312 e. The first-order valence-electron chi connectivity index (χ1n) is 8.74. The molecule has 3 amide bonds. The number of nitrogens with zero attached hydrogens (tertiary/aromatic N) is 3. The number of likely N-dealkylation sites (tertiary alicyclic amines) is 1. The lowest BCUT2D eigenvalue weighted by Gasteiger charge is -2.35. The molecule has 128 valence electrons. The van der Waals surface area contributed by atoms with Gasteiger partial charge in [-0.3, -0.25) is 14.6 Å². The van der Waals surface area contributed by atoms with Gasteiger partial charge in [-0.15, -0.1) is 0 Å². The molecular weight excluding hydrogens is 326 g/mol. The van der Waals surface area contributed by atoms with Crippen molar-refractivity contribution in [3.05, 3.63) is 34.9 Å². The van der Waals surface area contributed by atoms with E-state index in [0.717, 1.165) is 56.9 Å². The van der Waals surface area contributed by atoms with Crippen molar-refractivity contribution in [2.75, 3.05) is 19.6 Å². The molecule has 3 heterocycles. The maximum atomic E-state index is 12.5. The van der Waals surface area contributed by atoms with Gasteiger partial charge in [0.2, 0.25) is 0 Å². The number of carbonyl (C=O) groups is 2. The van der Waals surface area contributed by atoms with Gasteiger partial charge in [-0.1, -0.05) is 23.7 Å². The second kappa shape index (κ2) is 6.37. The number of benzene rings is 1. The van der Waals surface area contributed by atoms with Crippen molar-refractivity contribution in [2.45, 2.75) is 44.3 Å². The molecular formula is C18H22ClN3O2. The van der Waals surface area contributed by atoms with Crippen molar-refractivity contribution in [1.82, 2.24) is 14.7 Å². The molecule has 1 atom stereocenters. The minimum absolute atomic E-state index is 0.0358. The van der Waals surface area contributed by atoms with Crippen LogP contribution in [0.5, 0.6) is 0 Å². The standard InChI is InChI=1S/C18H22ClN3O2/c19-14-5-3-13(4-6-14)12-20-10-7-15(8-11-20)22-17(23)16-2-1-9-21(16)18(22)24/h3-6,15-16H,1-2,7-12H2/t16-/m0/s1. The normalized spacial score (nSPS) is 25.6. The van der Waals surface area contributed by atoms with Crippen LogP contribution >= 0.6 is 11.6 Å². The molecule has 1 aromatic rings. The number of amides is 3. The second-order valence-electron chi connectivity index (χ2n) is 6.98. The molecule has 1 aromatic carbocycles. The zero-order valence-electron chi connectivity index (χ0n) is 13.7. The Hall–Kier alpha value is -1.59. The predicted molar refractivity (Wildman–Crippen MR) is 91.7 cm³/mol. The van der Waals surface area contributed by atoms with Gasteiger partial charge in [0.15, 0.2) is 0 Å². The molecule has 3 saturated heterocycles. The molecule has 0 bridgehead atoms.